The quantitative estimate of drug-likeness (QED) is 0.738. The van der Waals surface area contributed by atoms with Crippen molar-refractivity contribution in [2.24, 2.45) is 18.7 Å². The Bertz CT molecular complexity index is 348. The summed E-state index contributed by atoms with van der Waals surface area (Å²) in [5, 5.41) is 6.93. The zero-order valence-electron chi connectivity index (χ0n) is 10.6. The molecule has 0 saturated heterocycles. The molecular weight excluding hydrogens is 216 g/mol. The van der Waals surface area contributed by atoms with E-state index in [0.717, 1.165) is 18.4 Å². The summed E-state index contributed by atoms with van der Waals surface area (Å²) in [6.07, 6.45) is 6.11. The summed E-state index contributed by atoms with van der Waals surface area (Å²) in [5.74, 6) is 0.613. The molecule has 1 rings (SSSR count). The standard InChI is InChI=1S/C12H22N4O/c1-10(5-6-13)3-4-12(17)14-7-11-8-15-16(2)9-11/h8-10H,3-7,13H2,1-2H3,(H,14,17). The number of nitrogens with zero attached hydrogens (tertiary/aromatic N) is 2. The van der Waals surface area contributed by atoms with Crippen LogP contribution in [0.5, 0.6) is 0 Å². The Morgan fingerprint density at radius 2 is 2.35 bits per heavy atom. The van der Waals surface area contributed by atoms with Crippen LogP contribution in [-0.4, -0.2) is 22.2 Å². The molecule has 0 aliphatic rings. The third-order valence-corrected chi connectivity index (χ3v) is 2.77. The van der Waals surface area contributed by atoms with E-state index in [4.69, 9.17) is 5.73 Å². The number of amides is 1. The first kappa shape index (κ1) is 13.7. The van der Waals surface area contributed by atoms with Crippen molar-refractivity contribution in [1.29, 1.82) is 0 Å². The second-order valence-electron chi connectivity index (χ2n) is 4.52. The third kappa shape index (κ3) is 5.49. The number of carbonyl (C=O) groups is 1. The molecule has 1 aromatic heterocycles. The highest BCUT2D eigenvalue weighted by molar-refractivity contribution is 5.75. The second kappa shape index (κ2) is 7.06. The maximum absolute atomic E-state index is 11.6. The summed E-state index contributed by atoms with van der Waals surface area (Å²) in [7, 11) is 1.86. The van der Waals surface area contributed by atoms with Crippen LogP contribution >= 0.6 is 0 Å². The number of aromatic nitrogens is 2. The fourth-order valence-electron chi connectivity index (χ4n) is 1.66. The van der Waals surface area contributed by atoms with Crippen LogP contribution in [0.25, 0.3) is 0 Å². The lowest BCUT2D eigenvalue weighted by Gasteiger charge is -2.09. The van der Waals surface area contributed by atoms with Crippen molar-refractivity contribution in [1.82, 2.24) is 15.1 Å². The Kier molecular flexibility index (Phi) is 5.69. The predicted molar refractivity (Wildman–Crippen MR) is 67.1 cm³/mol. The number of rotatable bonds is 7. The van der Waals surface area contributed by atoms with Crippen LogP contribution in [0.3, 0.4) is 0 Å². The van der Waals surface area contributed by atoms with Crippen LogP contribution in [-0.2, 0) is 18.4 Å². The topological polar surface area (TPSA) is 72.9 Å². The first-order valence-corrected chi connectivity index (χ1v) is 6.06. The Hall–Kier alpha value is -1.36. The minimum absolute atomic E-state index is 0.0951. The molecule has 0 aromatic carbocycles. The van der Waals surface area contributed by atoms with Crippen molar-refractivity contribution >= 4 is 5.91 Å². The molecule has 0 saturated carbocycles. The second-order valence-corrected chi connectivity index (χ2v) is 4.52. The van der Waals surface area contributed by atoms with Gasteiger partial charge in [0.05, 0.1) is 6.20 Å². The van der Waals surface area contributed by atoms with E-state index in [9.17, 15) is 4.79 Å². The van der Waals surface area contributed by atoms with Gasteiger partial charge in [0, 0.05) is 31.8 Å². The van der Waals surface area contributed by atoms with E-state index in [1.807, 2.05) is 13.2 Å². The summed E-state index contributed by atoms with van der Waals surface area (Å²) < 4.78 is 1.73. The van der Waals surface area contributed by atoms with Crippen LogP contribution in [0, 0.1) is 5.92 Å². The van der Waals surface area contributed by atoms with Crippen molar-refractivity contribution in [2.45, 2.75) is 32.7 Å². The molecule has 1 atom stereocenters. The van der Waals surface area contributed by atoms with E-state index in [2.05, 4.69) is 17.3 Å². The van der Waals surface area contributed by atoms with Crippen LogP contribution in [0.1, 0.15) is 31.7 Å². The lowest BCUT2D eigenvalue weighted by atomic mass is 10.0. The van der Waals surface area contributed by atoms with Crippen molar-refractivity contribution in [3.8, 4) is 0 Å². The smallest absolute Gasteiger partial charge is 0.220 e. The zero-order valence-corrected chi connectivity index (χ0v) is 10.6. The van der Waals surface area contributed by atoms with Crippen molar-refractivity contribution < 1.29 is 4.79 Å². The van der Waals surface area contributed by atoms with Crippen molar-refractivity contribution in [3.05, 3.63) is 18.0 Å². The number of hydrogen-bond acceptors (Lipinski definition) is 3. The average Bonchev–Trinajstić information content (AvgIpc) is 2.70. The van der Waals surface area contributed by atoms with Gasteiger partial charge < -0.3 is 11.1 Å². The van der Waals surface area contributed by atoms with Gasteiger partial charge in [0.25, 0.3) is 0 Å². The summed E-state index contributed by atoms with van der Waals surface area (Å²) >= 11 is 0. The molecule has 0 fully saturated rings. The third-order valence-electron chi connectivity index (χ3n) is 2.77. The Morgan fingerprint density at radius 1 is 1.59 bits per heavy atom. The van der Waals surface area contributed by atoms with E-state index in [-0.39, 0.29) is 5.91 Å². The molecule has 0 spiro atoms. The van der Waals surface area contributed by atoms with Gasteiger partial charge in [-0.2, -0.15) is 5.10 Å². The van der Waals surface area contributed by atoms with Gasteiger partial charge in [-0.15, -0.1) is 0 Å². The molecule has 0 radical (unpaired) electrons. The molecule has 0 aliphatic carbocycles. The van der Waals surface area contributed by atoms with E-state index in [1.165, 1.54) is 0 Å². The van der Waals surface area contributed by atoms with E-state index >= 15 is 0 Å². The summed E-state index contributed by atoms with van der Waals surface area (Å²) in [6, 6.07) is 0. The van der Waals surface area contributed by atoms with Gasteiger partial charge in [-0.25, -0.2) is 0 Å². The lowest BCUT2D eigenvalue weighted by molar-refractivity contribution is -0.121. The minimum Gasteiger partial charge on any atom is -0.352 e. The molecule has 1 heterocycles. The maximum Gasteiger partial charge on any atom is 0.220 e. The molecular formula is C12H22N4O. The van der Waals surface area contributed by atoms with Gasteiger partial charge in [-0.3, -0.25) is 9.48 Å². The number of aryl methyl sites for hydroxylation is 1. The number of carbonyl (C=O) groups excluding carboxylic acids is 1. The molecule has 1 unspecified atom stereocenters. The first-order valence-electron chi connectivity index (χ1n) is 6.06. The summed E-state index contributed by atoms with van der Waals surface area (Å²) in [5.41, 5.74) is 6.49. The fraction of sp³-hybridized carbons (Fsp3) is 0.667. The number of nitrogens with one attached hydrogen (secondary N) is 1. The Morgan fingerprint density at radius 3 is 2.94 bits per heavy atom. The molecule has 5 nitrogen and oxygen atoms in total. The SMILES string of the molecule is CC(CCN)CCC(=O)NCc1cnn(C)c1. The fourth-order valence-corrected chi connectivity index (χ4v) is 1.66. The van der Waals surface area contributed by atoms with E-state index in [1.54, 1.807) is 10.9 Å². The molecule has 1 aromatic rings. The van der Waals surface area contributed by atoms with Crippen molar-refractivity contribution in [3.63, 3.8) is 0 Å². The molecule has 17 heavy (non-hydrogen) atoms. The highest BCUT2D eigenvalue weighted by Crippen LogP contribution is 2.08. The predicted octanol–water partition coefficient (Wildman–Crippen LogP) is 0.801. The van der Waals surface area contributed by atoms with Crippen LogP contribution in [0.2, 0.25) is 0 Å². The van der Waals surface area contributed by atoms with E-state index in [0.29, 0.717) is 25.4 Å². The molecule has 0 bridgehead atoms. The number of hydrogen-bond donors (Lipinski definition) is 2. The van der Waals surface area contributed by atoms with Crippen molar-refractivity contribution in [2.75, 3.05) is 6.54 Å². The molecule has 5 heteroatoms. The average molecular weight is 238 g/mol. The van der Waals surface area contributed by atoms with E-state index < -0.39 is 0 Å². The molecule has 0 aliphatic heterocycles. The lowest BCUT2D eigenvalue weighted by Crippen LogP contribution is -2.23. The van der Waals surface area contributed by atoms with Gasteiger partial charge in [0.1, 0.15) is 0 Å². The van der Waals surface area contributed by atoms with Crippen LogP contribution in [0.4, 0.5) is 0 Å². The maximum atomic E-state index is 11.6. The van der Waals surface area contributed by atoms with Crippen LogP contribution < -0.4 is 11.1 Å². The minimum atomic E-state index is 0.0951. The monoisotopic (exact) mass is 238 g/mol. The normalized spacial score (nSPS) is 12.4. The molecule has 3 N–H and O–H groups in total. The van der Waals surface area contributed by atoms with Gasteiger partial charge in [0.2, 0.25) is 5.91 Å². The van der Waals surface area contributed by atoms with Gasteiger partial charge in [0.15, 0.2) is 0 Å². The number of nitrogens with two attached hydrogens (primary N) is 1. The summed E-state index contributed by atoms with van der Waals surface area (Å²) in [4.78, 5) is 11.6. The highest BCUT2D eigenvalue weighted by atomic mass is 16.1. The zero-order chi connectivity index (χ0) is 12.7. The Labute approximate surface area is 102 Å². The highest BCUT2D eigenvalue weighted by Gasteiger charge is 2.06. The van der Waals surface area contributed by atoms with Gasteiger partial charge in [-0.05, 0) is 25.3 Å². The molecule has 1 amide bonds. The first-order chi connectivity index (χ1) is 8.11. The summed E-state index contributed by atoms with van der Waals surface area (Å²) in [6.45, 7) is 3.37. The van der Waals surface area contributed by atoms with Gasteiger partial charge >= 0.3 is 0 Å². The van der Waals surface area contributed by atoms with Gasteiger partial charge in [-0.1, -0.05) is 6.92 Å². The Balaban J connectivity index is 2.17. The van der Waals surface area contributed by atoms with Crippen LogP contribution in [0.15, 0.2) is 12.4 Å². The molecule has 96 valence electrons. The largest absolute Gasteiger partial charge is 0.352 e.